The third kappa shape index (κ3) is 5.29. The molecule has 18 aliphatic rings. The molecule has 7 aliphatic heterocycles. The van der Waals surface area contributed by atoms with Gasteiger partial charge < -0.3 is 25.2 Å². The van der Waals surface area contributed by atoms with Crippen LogP contribution in [0.15, 0.2) is 63.8 Å². The zero-order chi connectivity index (χ0) is 53.1. The quantitative estimate of drug-likeness (QED) is 0.175. The Hall–Kier alpha value is -3.80. The Morgan fingerprint density at radius 1 is 0.812 bits per heavy atom. The summed E-state index contributed by atoms with van der Waals surface area (Å²) in [6, 6.07) is 7.48. The zero-order valence-electron chi connectivity index (χ0n) is 48.2. The van der Waals surface area contributed by atoms with E-state index in [2.05, 4.69) is 52.8 Å². The number of hydrogen-bond acceptors (Lipinski definition) is 8. The summed E-state index contributed by atoms with van der Waals surface area (Å²) in [4.78, 5) is 38.8. The molecule has 8 nitrogen and oxygen atoms in total. The lowest BCUT2D eigenvalue weighted by Gasteiger charge is -2.74. The third-order valence-corrected chi connectivity index (χ3v) is 30.2. The first-order valence-electron chi connectivity index (χ1n) is 33.9. The number of benzene rings is 1. The molecule has 8 heteroatoms. The van der Waals surface area contributed by atoms with Crippen molar-refractivity contribution in [3.63, 3.8) is 0 Å². The van der Waals surface area contributed by atoms with Gasteiger partial charge in [-0.15, -0.1) is 5.92 Å². The van der Waals surface area contributed by atoms with Gasteiger partial charge in [0.2, 0.25) is 0 Å². The van der Waals surface area contributed by atoms with E-state index in [9.17, 15) is 5.11 Å². The van der Waals surface area contributed by atoms with Crippen LogP contribution in [0.1, 0.15) is 215 Å². The highest BCUT2D eigenvalue weighted by atomic mass is 16.6. The molecule has 11 aliphatic carbocycles. The smallest absolute Gasteiger partial charge is 0.339 e. The van der Waals surface area contributed by atoms with Gasteiger partial charge >= 0.3 is 11.9 Å². The molecule has 12 bridgehead atoms. The number of nitrogens with zero attached hydrogens (tertiary/aromatic N) is 2. The topological polar surface area (TPSA) is 105 Å². The summed E-state index contributed by atoms with van der Waals surface area (Å²) >= 11 is 0. The largest absolute Gasteiger partial charge is 0.509 e. The van der Waals surface area contributed by atoms with Gasteiger partial charge in [0.05, 0.1) is 11.0 Å². The van der Waals surface area contributed by atoms with Crippen LogP contribution >= 0.6 is 0 Å². The van der Waals surface area contributed by atoms with Crippen LogP contribution in [-0.4, -0.2) is 64.6 Å². The van der Waals surface area contributed by atoms with Gasteiger partial charge in [-0.1, -0.05) is 92.4 Å². The lowest BCUT2D eigenvalue weighted by Crippen LogP contribution is -2.78. The van der Waals surface area contributed by atoms with E-state index in [1.165, 1.54) is 140 Å². The van der Waals surface area contributed by atoms with Crippen LogP contribution in [0, 0.1) is 104 Å². The van der Waals surface area contributed by atoms with Crippen molar-refractivity contribution in [3.05, 3.63) is 80.5 Å². The first-order valence-corrected chi connectivity index (χ1v) is 33.9. The third-order valence-electron chi connectivity index (χ3n) is 30.2. The number of carbonyl (C=O) groups is 2. The predicted molar refractivity (Wildman–Crippen MR) is 306 cm³/mol. The van der Waals surface area contributed by atoms with Gasteiger partial charge in [0.15, 0.2) is 11.4 Å². The number of allylic oxidation sites excluding steroid dienone is 4. The van der Waals surface area contributed by atoms with Crippen molar-refractivity contribution >= 4 is 11.9 Å². The number of carbonyl (C=O) groups excluding carboxylic acids is 2. The zero-order valence-corrected chi connectivity index (χ0v) is 48.2. The summed E-state index contributed by atoms with van der Waals surface area (Å²) in [5, 5.41) is 14.4. The molecular weight excluding hydrogens is 987 g/mol. The van der Waals surface area contributed by atoms with Gasteiger partial charge in [-0.05, 0) is 216 Å². The van der Waals surface area contributed by atoms with Crippen LogP contribution < -0.4 is 5.73 Å². The molecule has 3 N–H and O–H groups in total. The minimum atomic E-state index is -1.15. The number of rotatable bonds is 4. The van der Waals surface area contributed by atoms with Gasteiger partial charge in [-0.2, -0.15) is 0 Å². The Bertz CT molecular complexity index is 3170. The first-order chi connectivity index (χ1) is 39.1. The molecule has 0 unspecified atom stereocenters. The van der Waals surface area contributed by atoms with E-state index >= 15 is 9.59 Å². The van der Waals surface area contributed by atoms with Crippen LogP contribution in [0.3, 0.4) is 0 Å². The van der Waals surface area contributed by atoms with Crippen molar-refractivity contribution in [2.24, 2.45) is 97.4 Å². The number of hydrogen-bond donors (Lipinski definition) is 2. The number of nitrogens with two attached hydrogens (primary N) is 1. The molecule has 10 fully saturated rings. The maximum atomic E-state index is 17.0. The number of aliphatic hydroxyl groups excluding tert-OH is 1. The molecule has 7 saturated carbocycles. The number of ether oxygens (including phenoxy) is 2. The molecule has 0 amide bonds. The van der Waals surface area contributed by atoms with Crippen molar-refractivity contribution < 1.29 is 24.2 Å². The summed E-state index contributed by atoms with van der Waals surface area (Å²) in [5.41, 5.74) is 14.8. The molecule has 1 aromatic carbocycles. The standard InChI is InChI=1S/C72H89N3O5/c1-41-31-45-19-20-55-47-33-48-40-75(55)62(45)61-51-22-29-70-63(57(76)35-56-49-36-66(23-4-5-24-66)69(37-49)27-10-26-68(69)25-8-16-50(68)15-7-18-54(48)74(56)39-47)79-65(78)71(70)58(72(70)53-17-6-13-43(14-9-30-73)59(53)64(77)80-72)34-46(42-11-2-3-12-42)32-44-21-28-67(41,61)38-52(44)60(51)71/h6,13,17,32,41-42,46-50,52,54-56,58,61,76H,2-5,8-12,14,16,18-31,33-40,73H2,1H3/b44-32?,63-57-/t41-,46+,47+,48+,49-,50-,52+,54+,55-,56+,58-,61+,67+,68-,69-,70+,71+,72+/m0/s1. The summed E-state index contributed by atoms with van der Waals surface area (Å²) < 4.78 is 15.1. The number of piperidine rings is 2. The minimum Gasteiger partial charge on any atom is -0.509 e. The van der Waals surface area contributed by atoms with Gasteiger partial charge in [-0.3, -0.25) is 9.69 Å². The van der Waals surface area contributed by atoms with Crippen molar-refractivity contribution in [3.8, 4) is 11.8 Å². The van der Waals surface area contributed by atoms with Crippen molar-refractivity contribution in [1.29, 1.82) is 0 Å². The second-order valence-corrected chi connectivity index (χ2v) is 31.7. The van der Waals surface area contributed by atoms with Crippen molar-refractivity contribution in [1.82, 2.24) is 9.80 Å². The minimum absolute atomic E-state index is 0.107. The van der Waals surface area contributed by atoms with E-state index in [1.807, 2.05) is 0 Å². The van der Waals surface area contributed by atoms with Gasteiger partial charge in [0.25, 0.3) is 0 Å². The van der Waals surface area contributed by atoms with E-state index in [1.54, 1.807) is 22.4 Å². The van der Waals surface area contributed by atoms with Gasteiger partial charge in [0, 0.05) is 79.0 Å². The predicted octanol–water partition coefficient (Wildman–Crippen LogP) is 13.7. The van der Waals surface area contributed by atoms with Crippen LogP contribution in [-0.2, 0) is 26.3 Å². The highest BCUT2D eigenvalue weighted by molar-refractivity contribution is 6.00. The summed E-state index contributed by atoms with van der Waals surface area (Å²) in [6.45, 7) is 5.39. The average Bonchev–Trinajstić information content (AvgIpc) is 1.31. The van der Waals surface area contributed by atoms with Crippen LogP contribution in [0.4, 0.5) is 0 Å². The van der Waals surface area contributed by atoms with Crippen molar-refractivity contribution in [2.75, 3.05) is 19.6 Å². The highest BCUT2D eigenvalue weighted by Gasteiger charge is 2.94. The molecule has 80 heavy (non-hydrogen) atoms. The number of fused-ring (bicyclic) bond motifs is 8. The lowest BCUT2D eigenvalue weighted by molar-refractivity contribution is -0.283. The van der Waals surface area contributed by atoms with Crippen molar-refractivity contribution in [2.45, 2.75) is 223 Å². The van der Waals surface area contributed by atoms with Crippen LogP contribution in [0.5, 0.6) is 0 Å². The lowest BCUT2D eigenvalue weighted by atomic mass is 9.26. The SMILES string of the molecule is C[C@H]1CC2=C3[C@H]4C5=C6[C@@H]7C[C@@]41CCC7=C[C@@H](C1CCCC1)C[C@H]1[C@]64C(=O)O/C(=C(\O)C[C@@H]6[C@H]7CC8(CCCC8)[C@]8(CCC[C@]89CCC[C@@H]9C#CC[C@@H]8[C@@H]9C[C@H](CN86)[C@H](CC2)N3C9)C7)[C@@]4(CC5)[C@]12OC(=O)c1c(CCCN)cccc12. The molecule has 1 aromatic rings. The van der Waals surface area contributed by atoms with E-state index < -0.39 is 16.4 Å². The second kappa shape index (κ2) is 16.1. The maximum absolute atomic E-state index is 17.0. The Balaban J connectivity index is 0.899. The Morgan fingerprint density at radius 2 is 1.68 bits per heavy atom. The average molecular weight is 1080 g/mol. The van der Waals surface area contributed by atoms with Crippen LogP contribution in [0.25, 0.3) is 0 Å². The number of esters is 2. The highest BCUT2D eigenvalue weighted by Crippen LogP contribution is 2.90. The number of aliphatic hydroxyl groups is 1. The normalized spacial score (nSPS) is 49.9. The molecule has 0 radical (unpaired) electrons. The molecule has 7 heterocycles. The van der Waals surface area contributed by atoms with E-state index in [4.69, 9.17) is 15.2 Å². The molecule has 18 atom stereocenters. The molecule has 422 valence electrons. The Kier molecular flexibility index (Phi) is 9.79. The monoisotopic (exact) mass is 1080 g/mol. The summed E-state index contributed by atoms with van der Waals surface area (Å²) in [5.74, 6) is 12.4. The Labute approximate surface area is 476 Å². The molecule has 19 rings (SSSR count). The second-order valence-electron chi connectivity index (χ2n) is 31.7. The van der Waals surface area contributed by atoms with Gasteiger partial charge in [-0.25, -0.2) is 4.79 Å². The first kappa shape index (κ1) is 48.6. The Morgan fingerprint density at radius 3 is 2.55 bits per heavy atom. The fourth-order valence-electron chi connectivity index (χ4n) is 28.0. The summed E-state index contributed by atoms with van der Waals surface area (Å²) in [6.07, 6.45) is 37.3. The molecule has 3 saturated heterocycles. The fraction of sp³-hybridized carbons (Fsp3) is 0.750. The molecular formula is C72H89N3O5. The van der Waals surface area contributed by atoms with E-state index in [0.717, 1.165) is 62.7 Å². The van der Waals surface area contributed by atoms with E-state index in [0.29, 0.717) is 101 Å². The molecule has 0 aromatic heterocycles. The van der Waals surface area contributed by atoms with E-state index in [-0.39, 0.29) is 52.5 Å². The maximum Gasteiger partial charge on any atom is 0.339 e. The molecule has 7 spiro atoms. The number of aryl methyl sites for hydroxylation is 1. The fourth-order valence-corrected chi connectivity index (χ4v) is 28.0. The van der Waals surface area contributed by atoms with Crippen LogP contribution in [0.2, 0.25) is 0 Å². The summed E-state index contributed by atoms with van der Waals surface area (Å²) in [7, 11) is 0. The van der Waals surface area contributed by atoms with Gasteiger partial charge in [0.1, 0.15) is 11.2 Å².